The van der Waals surface area contributed by atoms with E-state index < -0.39 is 0 Å². The van der Waals surface area contributed by atoms with Crippen LogP contribution in [-0.4, -0.2) is 35.7 Å². The lowest BCUT2D eigenvalue weighted by atomic mass is 9.88. The van der Waals surface area contributed by atoms with Crippen molar-refractivity contribution in [1.82, 2.24) is 15.5 Å². The standard InChI is InChI=1S/C25H28N4O/c30-25(23-14-15-24(28-27-23)29-18-8-3-9-19-29)26-17-16-22(20-10-4-1-5-11-20)21-12-6-2-7-13-21/h1-2,4-7,10-15,22H,3,8-9,16-19H2,(H,26,30). The molecule has 0 spiro atoms. The third-order valence-electron chi connectivity index (χ3n) is 5.69. The minimum absolute atomic E-state index is 0.174. The van der Waals surface area contributed by atoms with Crippen molar-refractivity contribution in [2.75, 3.05) is 24.5 Å². The molecule has 0 unspecified atom stereocenters. The van der Waals surface area contributed by atoms with E-state index in [-0.39, 0.29) is 11.8 Å². The Morgan fingerprint density at radius 2 is 1.47 bits per heavy atom. The average Bonchev–Trinajstić information content (AvgIpc) is 2.83. The minimum atomic E-state index is -0.174. The predicted octanol–water partition coefficient (Wildman–Crippen LogP) is 4.42. The highest BCUT2D eigenvalue weighted by molar-refractivity contribution is 5.92. The molecule has 154 valence electrons. The van der Waals surface area contributed by atoms with Crippen LogP contribution in [0.3, 0.4) is 0 Å². The molecule has 1 aliphatic rings. The van der Waals surface area contributed by atoms with Crippen molar-refractivity contribution in [2.45, 2.75) is 31.6 Å². The van der Waals surface area contributed by atoms with Gasteiger partial charge in [0.2, 0.25) is 0 Å². The molecule has 4 rings (SSSR count). The number of nitrogens with zero attached hydrogens (tertiary/aromatic N) is 3. The Hall–Kier alpha value is -3.21. The summed E-state index contributed by atoms with van der Waals surface area (Å²) in [5.41, 5.74) is 2.87. The number of aromatic nitrogens is 2. The number of piperidine rings is 1. The van der Waals surface area contributed by atoms with Gasteiger partial charge in [-0.25, -0.2) is 0 Å². The summed E-state index contributed by atoms with van der Waals surface area (Å²) in [6.45, 7) is 2.60. The molecule has 0 bridgehead atoms. The zero-order valence-corrected chi connectivity index (χ0v) is 17.2. The topological polar surface area (TPSA) is 58.1 Å². The fraction of sp³-hybridized carbons (Fsp3) is 0.320. The third-order valence-corrected chi connectivity index (χ3v) is 5.69. The number of nitrogens with one attached hydrogen (secondary N) is 1. The van der Waals surface area contributed by atoms with Crippen molar-refractivity contribution in [3.05, 3.63) is 89.6 Å². The van der Waals surface area contributed by atoms with E-state index in [1.165, 1.54) is 30.4 Å². The molecule has 5 nitrogen and oxygen atoms in total. The van der Waals surface area contributed by atoms with Gasteiger partial charge >= 0.3 is 0 Å². The Morgan fingerprint density at radius 3 is 2.03 bits per heavy atom. The van der Waals surface area contributed by atoms with Gasteiger partial charge in [0, 0.05) is 25.6 Å². The number of amides is 1. The van der Waals surface area contributed by atoms with Crippen LogP contribution in [0.1, 0.15) is 53.2 Å². The summed E-state index contributed by atoms with van der Waals surface area (Å²) in [5, 5.41) is 11.5. The molecule has 2 aromatic carbocycles. The maximum Gasteiger partial charge on any atom is 0.271 e. The summed E-state index contributed by atoms with van der Waals surface area (Å²) in [6, 6.07) is 24.5. The summed E-state index contributed by atoms with van der Waals surface area (Å²) >= 11 is 0. The van der Waals surface area contributed by atoms with Crippen molar-refractivity contribution >= 4 is 11.7 Å². The smallest absolute Gasteiger partial charge is 0.271 e. The summed E-state index contributed by atoms with van der Waals surface area (Å²) < 4.78 is 0. The van der Waals surface area contributed by atoms with Gasteiger partial charge in [-0.2, -0.15) is 0 Å². The number of hydrogen-bond acceptors (Lipinski definition) is 4. The highest BCUT2D eigenvalue weighted by atomic mass is 16.1. The van der Waals surface area contributed by atoms with E-state index in [0.717, 1.165) is 25.3 Å². The van der Waals surface area contributed by atoms with Gasteiger partial charge in [-0.15, -0.1) is 10.2 Å². The average molecular weight is 401 g/mol. The fourth-order valence-corrected chi connectivity index (χ4v) is 4.06. The number of benzene rings is 2. The van der Waals surface area contributed by atoms with E-state index >= 15 is 0 Å². The minimum Gasteiger partial charge on any atom is -0.355 e. The van der Waals surface area contributed by atoms with Gasteiger partial charge in [-0.1, -0.05) is 60.7 Å². The summed E-state index contributed by atoms with van der Waals surface area (Å²) in [4.78, 5) is 14.8. The van der Waals surface area contributed by atoms with E-state index in [0.29, 0.717) is 12.2 Å². The van der Waals surface area contributed by atoms with Crippen LogP contribution in [0.15, 0.2) is 72.8 Å². The highest BCUT2D eigenvalue weighted by Gasteiger charge is 2.16. The van der Waals surface area contributed by atoms with Crippen LogP contribution in [0, 0.1) is 0 Å². The van der Waals surface area contributed by atoms with Crippen LogP contribution < -0.4 is 10.2 Å². The SMILES string of the molecule is O=C(NCCC(c1ccccc1)c1ccccc1)c1ccc(N2CCCCC2)nn1. The second-order valence-electron chi connectivity index (χ2n) is 7.74. The number of carbonyl (C=O) groups excluding carboxylic acids is 1. The lowest BCUT2D eigenvalue weighted by Crippen LogP contribution is -2.31. The Morgan fingerprint density at radius 1 is 0.833 bits per heavy atom. The van der Waals surface area contributed by atoms with Gasteiger partial charge in [-0.3, -0.25) is 4.79 Å². The van der Waals surface area contributed by atoms with Gasteiger partial charge in [0.25, 0.3) is 5.91 Å². The zero-order chi connectivity index (χ0) is 20.6. The maximum atomic E-state index is 12.6. The normalized spacial score (nSPS) is 14.0. The van der Waals surface area contributed by atoms with Crippen LogP contribution in [0.4, 0.5) is 5.82 Å². The summed E-state index contributed by atoms with van der Waals surface area (Å²) in [6.07, 6.45) is 4.47. The van der Waals surface area contributed by atoms with E-state index in [2.05, 4.69) is 68.9 Å². The number of hydrogen-bond donors (Lipinski definition) is 1. The molecule has 1 N–H and O–H groups in total. The van der Waals surface area contributed by atoms with Gasteiger partial charge < -0.3 is 10.2 Å². The van der Waals surface area contributed by atoms with Crippen molar-refractivity contribution in [2.24, 2.45) is 0 Å². The molecule has 2 heterocycles. The zero-order valence-electron chi connectivity index (χ0n) is 17.2. The van der Waals surface area contributed by atoms with E-state index in [4.69, 9.17) is 0 Å². The van der Waals surface area contributed by atoms with Crippen LogP contribution in [0.5, 0.6) is 0 Å². The van der Waals surface area contributed by atoms with E-state index in [1.807, 2.05) is 18.2 Å². The Kier molecular flexibility index (Phi) is 6.70. The van der Waals surface area contributed by atoms with Gasteiger partial charge in [0.05, 0.1) is 0 Å². The van der Waals surface area contributed by atoms with Crippen molar-refractivity contribution < 1.29 is 4.79 Å². The highest BCUT2D eigenvalue weighted by Crippen LogP contribution is 2.27. The third kappa shape index (κ3) is 5.03. The largest absolute Gasteiger partial charge is 0.355 e. The fourth-order valence-electron chi connectivity index (χ4n) is 4.06. The van der Waals surface area contributed by atoms with Gasteiger partial charge in [0.15, 0.2) is 11.5 Å². The first-order valence-corrected chi connectivity index (χ1v) is 10.8. The lowest BCUT2D eigenvalue weighted by Gasteiger charge is -2.27. The Bertz CT molecular complexity index is 883. The van der Waals surface area contributed by atoms with Crippen LogP contribution in [0.2, 0.25) is 0 Å². The van der Waals surface area contributed by atoms with Gasteiger partial charge in [-0.05, 0) is 48.9 Å². The molecule has 1 aromatic heterocycles. The first-order valence-electron chi connectivity index (χ1n) is 10.8. The molecule has 1 fully saturated rings. The molecule has 3 aromatic rings. The number of rotatable bonds is 7. The molecule has 1 aliphatic heterocycles. The van der Waals surface area contributed by atoms with Crippen LogP contribution >= 0.6 is 0 Å². The van der Waals surface area contributed by atoms with Crippen molar-refractivity contribution in [3.63, 3.8) is 0 Å². The second-order valence-corrected chi connectivity index (χ2v) is 7.74. The first-order chi connectivity index (χ1) is 14.8. The lowest BCUT2D eigenvalue weighted by molar-refractivity contribution is 0.0947. The molecule has 5 heteroatoms. The molecule has 30 heavy (non-hydrogen) atoms. The number of carbonyl (C=O) groups is 1. The quantitative estimate of drug-likeness (QED) is 0.638. The molecular formula is C25H28N4O. The second kappa shape index (κ2) is 10.0. The molecule has 0 aliphatic carbocycles. The van der Waals surface area contributed by atoms with Crippen molar-refractivity contribution in [3.8, 4) is 0 Å². The monoisotopic (exact) mass is 400 g/mol. The maximum absolute atomic E-state index is 12.6. The van der Waals surface area contributed by atoms with Crippen molar-refractivity contribution in [1.29, 1.82) is 0 Å². The molecule has 0 saturated carbocycles. The molecule has 0 radical (unpaired) electrons. The van der Waals surface area contributed by atoms with Gasteiger partial charge in [0.1, 0.15) is 0 Å². The molecule has 1 amide bonds. The van der Waals surface area contributed by atoms with E-state index in [1.54, 1.807) is 6.07 Å². The summed E-state index contributed by atoms with van der Waals surface area (Å²) in [7, 11) is 0. The van der Waals surface area contributed by atoms with Crippen LogP contribution in [0.25, 0.3) is 0 Å². The molecular weight excluding hydrogens is 372 g/mol. The number of anilines is 1. The molecule has 1 saturated heterocycles. The van der Waals surface area contributed by atoms with Crippen LogP contribution in [-0.2, 0) is 0 Å². The Balaban J connectivity index is 1.36. The summed E-state index contributed by atoms with van der Waals surface area (Å²) in [5.74, 6) is 0.923. The Labute approximate surface area is 178 Å². The first kappa shape index (κ1) is 20.1. The predicted molar refractivity (Wildman–Crippen MR) is 120 cm³/mol. The van der Waals surface area contributed by atoms with E-state index in [9.17, 15) is 4.79 Å². The molecule has 0 atom stereocenters.